The van der Waals surface area contributed by atoms with Gasteiger partial charge in [-0.1, -0.05) is 0 Å². The summed E-state index contributed by atoms with van der Waals surface area (Å²) >= 11 is 0. The lowest BCUT2D eigenvalue weighted by atomic mass is 10.2. The Kier molecular flexibility index (Phi) is 3.97. The predicted octanol–water partition coefficient (Wildman–Crippen LogP) is -2.00. The molecular weight excluding hydrogens is 244 g/mol. The van der Waals surface area contributed by atoms with Crippen LogP contribution in [0.3, 0.4) is 0 Å². The van der Waals surface area contributed by atoms with Crippen LogP contribution in [0.1, 0.15) is 12.8 Å². The van der Waals surface area contributed by atoms with Gasteiger partial charge in [0, 0.05) is 45.2 Å². The van der Waals surface area contributed by atoms with Crippen LogP contribution in [0.5, 0.6) is 0 Å². The molecule has 17 heavy (non-hydrogen) atoms. The van der Waals surface area contributed by atoms with E-state index in [1.165, 1.54) is 4.31 Å². The fraction of sp³-hybridized carbons (Fsp3) is 0.889. The highest BCUT2D eigenvalue weighted by molar-refractivity contribution is 7.87. The standard InChI is InChI=1S/C9H18N4O3S/c14-9-2-1-8(12-9)7-11-17(15,16)13-5-3-10-4-6-13/h8,10-11H,1-7H2,(H,12,14). The molecule has 0 aromatic rings. The van der Waals surface area contributed by atoms with Gasteiger partial charge in [-0.3, -0.25) is 4.79 Å². The number of carbonyl (C=O) groups excluding carboxylic acids is 1. The van der Waals surface area contributed by atoms with Crippen LogP contribution < -0.4 is 15.4 Å². The van der Waals surface area contributed by atoms with E-state index in [9.17, 15) is 13.2 Å². The Bertz CT molecular complexity index is 378. The lowest BCUT2D eigenvalue weighted by Gasteiger charge is -2.27. The summed E-state index contributed by atoms with van der Waals surface area (Å²) in [5.41, 5.74) is 0. The highest BCUT2D eigenvalue weighted by Crippen LogP contribution is 2.06. The second kappa shape index (κ2) is 5.30. The summed E-state index contributed by atoms with van der Waals surface area (Å²) in [4.78, 5) is 11.0. The van der Waals surface area contributed by atoms with Gasteiger partial charge in [0.05, 0.1) is 0 Å². The molecule has 8 heteroatoms. The van der Waals surface area contributed by atoms with Gasteiger partial charge in [0.15, 0.2) is 0 Å². The van der Waals surface area contributed by atoms with Crippen LogP contribution in [0.25, 0.3) is 0 Å². The van der Waals surface area contributed by atoms with Gasteiger partial charge in [-0.2, -0.15) is 12.7 Å². The molecule has 2 aliphatic heterocycles. The zero-order valence-electron chi connectivity index (χ0n) is 9.61. The minimum absolute atomic E-state index is 0.00336. The predicted molar refractivity (Wildman–Crippen MR) is 62.5 cm³/mol. The molecule has 2 aliphatic rings. The van der Waals surface area contributed by atoms with E-state index in [0.717, 1.165) is 0 Å². The average Bonchev–Trinajstić information content (AvgIpc) is 2.74. The van der Waals surface area contributed by atoms with E-state index in [0.29, 0.717) is 39.0 Å². The van der Waals surface area contributed by atoms with E-state index in [4.69, 9.17) is 0 Å². The van der Waals surface area contributed by atoms with E-state index in [1.807, 2.05) is 0 Å². The van der Waals surface area contributed by atoms with Gasteiger partial charge in [0.2, 0.25) is 5.91 Å². The molecule has 1 atom stereocenters. The van der Waals surface area contributed by atoms with Gasteiger partial charge in [-0.15, -0.1) is 0 Å². The summed E-state index contributed by atoms with van der Waals surface area (Å²) in [6, 6.07) is -0.0693. The topological polar surface area (TPSA) is 90.5 Å². The Hall–Kier alpha value is -0.700. The van der Waals surface area contributed by atoms with Gasteiger partial charge in [-0.25, -0.2) is 4.72 Å². The Labute approximate surface area is 101 Å². The molecule has 2 saturated heterocycles. The van der Waals surface area contributed by atoms with Crippen molar-refractivity contribution in [3.05, 3.63) is 0 Å². The Morgan fingerprint density at radius 2 is 2.06 bits per heavy atom. The van der Waals surface area contributed by atoms with Crippen molar-refractivity contribution >= 4 is 16.1 Å². The maximum Gasteiger partial charge on any atom is 0.279 e. The van der Waals surface area contributed by atoms with Crippen molar-refractivity contribution in [1.29, 1.82) is 0 Å². The van der Waals surface area contributed by atoms with Crippen molar-refractivity contribution in [3.63, 3.8) is 0 Å². The van der Waals surface area contributed by atoms with Gasteiger partial charge < -0.3 is 10.6 Å². The first-order valence-electron chi connectivity index (χ1n) is 5.83. The summed E-state index contributed by atoms with van der Waals surface area (Å²) in [5, 5.41) is 5.83. The van der Waals surface area contributed by atoms with E-state index < -0.39 is 10.2 Å². The van der Waals surface area contributed by atoms with E-state index in [-0.39, 0.29) is 18.5 Å². The first kappa shape index (κ1) is 12.7. The molecular formula is C9H18N4O3S. The quantitative estimate of drug-likeness (QED) is 0.547. The number of amides is 1. The first-order valence-corrected chi connectivity index (χ1v) is 7.27. The zero-order valence-corrected chi connectivity index (χ0v) is 10.4. The van der Waals surface area contributed by atoms with Crippen LogP contribution in [-0.2, 0) is 15.0 Å². The van der Waals surface area contributed by atoms with E-state index in [2.05, 4.69) is 15.4 Å². The van der Waals surface area contributed by atoms with Crippen LogP contribution in [0.4, 0.5) is 0 Å². The summed E-state index contributed by atoms with van der Waals surface area (Å²) in [6.45, 7) is 2.62. The third-order valence-corrected chi connectivity index (χ3v) is 4.59. The molecule has 98 valence electrons. The van der Waals surface area contributed by atoms with Crippen molar-refractivity contribution in [2.45, 2.75) is 18.9 Å². The highest BCUT2D eigenvalue weighted by atomic mass is 32.2. The fourth-order valence-electron chi connectivity index (χ4n) is 2.01. The third-order valence-electron chi connectivity index (χ3n) is 3.01. The summed E-state index contributed by atoms with van der Waals surface area (Å²) in [6.07, 6.45) is 1.18. The van der Waals surface area contributed by atoms with Crippen molar-refractivity contribution in [2.24, 2.45) is 0 Å². The molecule has 7 nitrogen and oxygen atoms in total. The second-order valence-electron chi connectivity index (χ2n) is 4.31. The van der Waals surface area contributed by atoms with Crippen molar-refractivity contribution in [1.82, 2.24) is 19.7 Å². The summed E-state index contributed by atoms with van der Waals surface area (Å²) < 4.78 is 27.8. The largest absolute Gasteiger partial charge is 0.352 e. The van der Waals surface area contributed by atoms with Gasteiger partial charge in [-0.05, 0) is 6.42 Å². The van der Waals surface area contributed by atoms with Crippen LogP contribution >= 0.6 is 0 Å². The number of hydrogen-bond acceptors (Lipinski definition) is 4. The molecule has 2 fully saturated rings. The number of hydrogen-bond donors (Lipinski definition) is 3. The number of rotatable bonds is 4. The fourth-order valence-corrected chi connectivity index (χ4v) is 3.27. The van der Waals surface area contributed by atoms with Crippen molar-refractivity contribution in [3.8, 4) is 0 Å². The van der Waals surface area contributed by atoms with E-state index in [1.54, 1.807) is 0 Å². The molecule has 0 bridgehead atoms. The van der Waals surface area contributed by atoms with E-state index >= 15 is 0 Å². The smallest absolute Gasteiger partial charge is 0.279 e. The number of nitrogens with zero attached hydrogens (tertiary/aromatic N) is 1. The minimum Gasteiger partial charge on any atom is -0.352 e. The maximum atomic E-state index is 11.9. The second-order valence-corrected chi connectivity index (χ2v) is 6.06. The molecule has 3 N–H and O–H groups in total. The molecule has 2 rings (SSSR count). The lowest BCUT2D eigenvalue weighted by molar-refractivity contribution is -0.119. The van der Waals surface area contributed by atoms with Crippen LogP contribution in [0.2, 0.25) is 0 Å². The number of piperazine rings is 1. The summed E-state index contributed by atoms with van der Waals surface area (Å²) in [7, 11) is -3.40. The average molecular weight is 262 g/mol. The van der Waals surface area contributed by atoms with Gasteiger partial charge in [0.1, 0.15) is 0 Å². The van der Waals surface area contributed by atoms with Crippen LogP contribution in [0, 0.1) is 0 Å². The molecule has 0 aliphatic carbocycles. The lowest BCUT2D eigenvalue weighted by Crippen LogP contribution is -2.52. The molecule has 0 aromatic carbocycles. The Balaban J connectivity index is 1.82. The molecule has 1 unspecified atom stereocenters. The van der Waals surface area contributed by atoms with Crippen LogP contribution in [-0.4, -0.2) is 57.4 Å². The Morgan fingerprint density at radius 3 is 2.65 bits per heavy atom. The molecule has 0 saturated carbocycles. The monoisotopic (exact) mass is 262 g/mol. The minimum atomic E-state index is -3.40. The first-order chi connectivity index (χ1) is 8.08. The van der Waals surface area contributed by atoms with Crippen molar-refractivity contribution in [2.75, 3.05) is 32.7 Å². The number of nitrogens with one attached hydrogen (secondary N) is 3. The maximum absolute atomic E-state index is 11.9. The molecule has 2 heterocycles. The molecule has 0 radical (unpaired) electrons. The highest BCUT2D eigenvalue weighted by Gasteiger charge is 2.26. The third kappa shape index (κ3) is 3.38. The molecule has 1 amide bonds. The van der Waals surface area contributed by atoms with Crippen molar-refractivity contribution < 1.29 is 13.2 Å². The SMILES string of the molecule is O=C1CCC(CNS(=O)(=O)N2CCNCC2)N1. The van der Waals surface area contributed by atoms with Crippen LogP contribution in [0.15, 0.2) is 0 Å². The number of carbonyl (C=O) groups is 1. The molecule has 0 aromatic heterocycles. The Morgan fingerprint density at radius 1 is 1.35 bits per heavy atom. The van der Waals surface area contributed by atoms with Gasteiger partial charge >= 0.3 is 0 Å². The zero-order chi connectivity index (χ0) is 12.3. The van der Waals surface area contributed by atoms with Gasteiger partial charge in [0.25, 0.3) is 10.2 Å². The summed E-state index contributed by atoms with van der Waals surface area (Å²) in [5.74, 6) is -0.00336. The normalized spacial score (nSPS) is 27.1. The molecule has 0 spiro atoms.